The minimum Gasteiger partial charge on any atom is -0.469 e. The number of aliphatic hydroxyl groups is 1. The van der Waals surface area contributed by atoms with Crippen molar-refractivity contribution in [3.05, 3.63) is 59.6 Å². The summed E-state index contributed by atoms with van der Waals surface area (Å²) < 4.78 is 31.7. The molecule has 0 spiro atoms. The van der Waals surface area contributed by atoms with E-state index < -0.39 is 17.7 Å². The van der Waals surface area contributed by atoms with E-state index in [-0.39, 0.29) is 18.2 Å². The van der Waals surface area contributed by atoms with Crippen molar-refractivity contribution in [2.45, 2.75) is 25.5 Å². The Morgan fingerprint density at radius 2 is 2.10 bits per heavy atom. The van der Waals surface area contributed by atoms with Crippen molar-refractivity contribution < 1.29 is 18.3 Å². The van der Waals surface area contributed by atoms with Gasteiger partial charge < -0.3 is 14.8 Å². The number of halogens is 2. The van der Waals surface area contributed by atoms with Gasteiger partial charge in [0.1, 0.15) is 17.4 Å². The smallest absolute Gasteiger partial charge is 0.129 e. The average molecular weight is 281 g/mol. The van der Waals surface area contributed by atoms with Gasteiger partial charge in [0.2, 0.25) is 0 Å². The van der Waals surface area contributed by atoms with Gasteiger partial charge in [-0.3, -0.25) is 0 Å². The molecule has 0 saturated carbocycles. The first-order valence-electron chi connectivity index (χ1n) is 6.45. The van der Waals surface area contributed by atoms with Gasteiger partial charge in [0.05, 0.1) is 12.4 Å². The quantitative estimate of drug-likeness (QED) is 0.856. The van der Waals surface area contributed by atoms with E-state index >= 15 is 0 Å². The second-order valence-corrected chi connectivity index (χ2v) is 4.77. The Hall–Kier alpha value is -1.72. The van der Waals surface area contributed by atoms with Crippen LogP contribution in [0.15, 0.2) is 41.0 Å². The van der Waals surface area contributed by atoms with Crippen molar-refractivity contribution in [2.75, 3.05) is 6.54 Å². The molecule has 0 aliphatic carbocycles. The lowest BCUT2D eigenvalue weighted by molar-refractivity contribution is 0.165. The lowest BCUT2D eigenvalue weighted by Crippen LogP contribution is -2.32. The van der Waals surface area contributed by atoms with Gasteiger partial charge in [-0.25, -0.2) is 8.78 Å². The lowest BCUT2D eigenvalue weighted by Gasteiger charge is -2.17. The largest absolute Gasteiger partial charge is 0.469 e. The first kappa shape index (κ1) is 14.7. The zero-order valence-electron chi connectivity index (χ0n) is 11.1. The topological polar surface area (TPSA) is 45.4 Å². The van der Waals surface area contributed by atoms with Gasteiger partial charge in [0.25, 0.3) is 0 Å². The summed E-state index contributed by atoms with van der Waals surface area (Å²) in [6.45, 7) is 2.07. The van der Waals surface area contributed by atoms with Crippen LogP contribution < -0.4 is 5.32 Å². The summed E-state index contributed by atoms with van der Waals surface area (Å²) in [5, 5.41) is 13.0. The number of hydrogen-bond donors (Lipinski definition) is 2. The molecule has 0 radical (unpaired) electrons. The third kappa shape index (κ3) is 3.88. The number of rotatable bonds is 6. The molecule has 3 nitrogen and oxygen atoms in total. The highest BCUT2D eigenvalue weighted by Crippen LogP contribution is 2.18. The van der Waals surface area contributed by atoms with E-state index in [1.54, 1.807) is 12.3 Å². The Bertz CT molecular complexity index is 543. The summed E-state index contributed by atoms with van der Waals surface area (Å²) in [6, 6.07) is 6.77. The second kappa shape index (κ2) is 6.63. The van der Waals surface area contributed by atoms with E-state index in [0.29, 0.717) is 6.42 Å². The first-order valence-corrected chi connectivity index (χ1v) is 6.45. The summed E-state index contributed by atoms with van der Waals surface area (Å²) in [5.41, 5.74) is -0.0392. The number of benzene rings is 1. The third-order valence-corrected chi connectivity index (χ3v) is 3.06. The maximum atomic E-state index is 13.5. The van der Waals surface area contributed by atoms with E-state index in [1.165, 1.54) is 0 Å². The Morgan fingerprint density at radius 3 is 2.80 bits per heavy atom. The monoisotopic (exact) mass is 281 g/mol. The van der Waals surface area contributed by atoms with Crippen molar-refractivity contribution in [1.29, 1.82) is 0 Å². The molecule has 2 atom stereocenters. The van der Waals surface area contributed by atoms with E-state index in [0.717, 1.165) is 24.0 Å². The normalized spacial score (nSPS) is 14.2. The average Bonchev–Trinajstić information content (AvgIpc) is 2.91. The highest BCUT2D eigenvalue weighted by molar-refractivity contribution is 5.21. The lowest BCUT2D eigenvalue weighted by atomic mass is 10.1. The van der Waals surface area contributed by atoms with Crippen molar-refractivity contribution in [2.24, 2.45) is 0 Å². The molecule has 1 aromatic carbocycles. The number of hydrogen-bond acceptors (Lipinski definition) is 3. The van der Waals surface area contributed by atoms with Gasteiger partial charge in [0, 0.05) is 24.6 Å². The molecule has 0 bridgehead atoms. The summed E-state index contributed by atoms with van der Waals surface area (Å²) in [5.74, 6) is -0.347. The molecule has 0 fully saturated rings. The van der Waals surface area contributed by atoms with E-state index in [2.05, 4.69) is 5.32 Å². The van der Waals surface area contributed by atoms with Crippen LogP contribution in [0, 0.1) is 11.6 Å². The van der Waals surface area contributed by atoms with Crippen LogP contribution in [0.25, 0.3) is 0 Å². The maximum absolute atomic E-state index is 13.5. The maximum Gasteiger partial charge on any atom is 0.129 e. The summed E-state index contributed by atoms with van der Waals surface area (Å²) in [6.07, 6.45) is 1.16. The fourth-order valence-electron chi connectivity index (χ4n) is 2.00. The number of nitrogens with one attached hydrogen (secondary N) is 1. The third-order valence-electron chi connectivity index (χ3n) is 3.06. The highest BCUT2D eigenvalue weighted by atomic mass is 19.1. The van der Waals surface area contributed by atoms with Crippen LogP contribution in [0.3, 0.4) is 0 Å². The molecule has 1 aromatic heterocycles. The Morgan fingerprint density at radius 1 is 1.30 bits per heavy atom. The standard InChI is InChI=1S/C15H17F2NO2/c1-10(7-12-3-2-6-20-12)18-9-15(19)13-8-11(16)4-5-14(13)17/h2-6,8,10,15,18-19H,7,9H2,1H3. The highest BCUT2D eigenvalue weighted by Gasteiger charge is 2.15. The molecule has 20 heavy (non-hydrogen) atoms. The van der Waals surface area contributed by atoms with Crippen LogP contribution in [0.5, 0.6) is 0 Å². The molecular weight excluding hydrogens is 264 g/mol. The Balaban J connectivity index is 1.88. The molecule has 0 aliphatic rings. The molecule has 2 N–H and O–H groups in total. The molecular formula is C15H17F2NO2. The molecule has 0 aliphatic heterocycles. The minimum absolute atomic E-state index is 0.0392. The molecule has 2 rings (SSSR count). The van der Waals surface area contributed by atoms with Crippen LogP contribution in [0.1, 0.15) is 24.4 Å². The van der Waals surface area contributed by atoms with Crippen molar-refractivity contribution in [3.8, 4) is 0 Å². The van der Waals surface area contributed by atoms with Gasteiger partial charge in [-0.15, -0.1) is 0 Å². The summed E-state index contributed by atoms with van der Waals surface area (Å²) >= 11 is 0. The predicted octanol–water partition coefficient (Wildman–Crippen LogP) is 2.81. The Labute approximate surface area is 116 Å². The zero-order chi connectivity index (χ0) is 14.5. The minimum atomic E-state index is -1.09. The van der Waals surface area contributed by atoms with Crippen LogP contribution in [0.4, 0.5) is 8.78 Å². The van der Waals surface area contributed by atoms with E-state index in [4.69, 9.17) is 4.42 Å². The van der Waals surface area contributed by atoms with Crippen LogP contribution in [-0.2, 0) is 6.42 Å². The second-order valence-electron chi connectivity index (χ2n) is 4.77. The fourth-order valence-corrected chi connectivity index (χ4v) is 2.00. The van der Waals surface area contributed by atoms with Crippen LogP contribution in [0.2, 0.25) is 0 Å². The van der Waals surface area contributed by atoms with Gasteiger partial charge in [0.15, 0.2) is 0 Å². The van der Waals surface area contributed by atoms with Crippen molar-refractivity contribution in [1.82, 2.24) is 5.32 Å². The predicted molar refractivity (Wildman–Crippen MR) is 71.2 cm³/mol. The number of aliphatic hydroxyl groups excluding tert-OH is 1. The van der Waals surface area contributed by atoms with Crippen molar-refractivity contribution >= 4 is 0 Å². The van der Waals surface area contributed by atoms with Gasteiger partial charge in [-0.1, -0.05) is 0 Å². The molecule has 0 saturated heterocycles. The summed E-state index contributed by atoms with van der Waals surface area (Å²) in [7, 11) is 0. The molecule has 108 valence electrons. The van der Waals surface area contributed by atoms with Crippen LogP contribution >= 0.6 is 0 Å². The molecule has 2 aromatic rings. The molecule has 2 unspecified atom stereocenters. The molecule has 1 heterocycles. The summed E-state index contributed by atoms with van der Waals surface area (Å²) in [4.78, 5) is 0. The van der Waals surface area contributed by atoms with E-state index in [1.807, 2.05) is 13.0 Å². The molecule has 0 amide bonds. The van der Waals surface area contributed by atoms with Crippen molar-refractivity contribution in [3.63, 3.8) is 0 Å². The zero-order valence-corrected chi connectivity index (χ0v) is 11.1. The SMILES string of the molecule is CC(Cc1ccco1)NCC(O)c1cc(F)ccc1F. The molecule has 5 heteroatoms. The Kier molecular flexibility index (Phi) is 4.87. The van der Waals surface area contributed by atoms with Gasteiger partial charge in [-0.2, -0.15) is 0 Å². The number of furan rings is 1. The van der Waals surface area contributed by atoms with Crippen LogP contribution in [-0.4, -0.2) is 17.7 Å². The van der Waals surface area contributed by atoms with E-state index in [9.17, 15) is 13.9 Å². The fraction of sp³-hybridized carbons (Fsp3) is 0.333. The van der Waals surface area contributed by atoms with Gasteiger partial charge >= 0.3 is 0 Å². The first-order chi connectivity index (χ1) is 9.56. The van der Waals surface area contributed by atoms with Gasteiger partial charge in [-0.05, 0) is 37.3 Å².